The fourth-order valence-electron chi connectivity index (χ4n) is 1.04. The minimum Gasteiger partial charge on any atom is -0.254 e. The third kappa shape index (κ3) is 1.35. The van der Waals surface area contributed by atoms with Crippen molar-refractivity contribution in [1.82, 2.24) is 4.98 Å². The Bertz CT molecular complexity index is 302. The van der Waals surface area contributed by atoms with Gasteiger partial charge in [0.2, 0.25) is 0 Å². The van der Waals surface area contributed by atoms with E-state index in [2.05, 4.69) is 17.2 Å². The second kappa shape index (κ2) is 3.18. The van der Waals surface area contributed by atoms with Crippen LogP contribution in [0.5, 0.6) is 0 Å². The Morgan fingerprint density at radius 2 is 1.92 bits per heavy atom. The van der Waals surface area contributed by atoms with Crippen LogP contribution in [-0.2, 0) is 0 Å². The number of hydrogen-bond acceptors (Lipinski definition) is 1. The van der Waals surface area contributed by atoms with E-state index in [0.717, 1.165) is 11.1 Å². The van der Waals surface area contributed by atoms with Crippen molar-refractivity contribution in [2.24, 2.45) is 0 Å². The van der Waals surface area contributed by atoms with Crippen LogP contribution in [0.2, 0.25) is 0 Å². The van der Waals surface area contributed by atoms with Crippen LogP contribution in [0.25, 0.3) is 11.1 Å². The maximum atomic E-state index is 3.92. The molecule has 1 heterocycles. The van der Waals surface area contributed by atoms with Gasteiger partial charge in [0.05, 0.1) is 6.20 Å². The van der Waals surface area contributed by atoms with Crippen molar-refractivity contribution in [2.45, 2.75) is 0 Å². The highest BCUT2D eigenvalue weighted by atomic mass is 14.6. The molecule has 0 aliphatic rings. The molecule has 2 aromatic rings. The van der Waals surface area contributed by atoms with Crippen molar-refractivity contribution in [3.05, 3.63) is 54.9 Å². The number of hydrogen-bond donors (Lipinski definition) is 0. The quantitative estimate of drug-likeness (QED) is 0.612. The van der Waals surface area contributed by atoms with Crippen molar-refractivity contribution >= 4 is 0 Å². The van der Waals surface area contributed by atoms with E-state index in [1.165, 1.54) is 0 Å². The van der Waals surface area contributed by atoms with Gasteiger partial charge in [-0.15, -0.1) is 0 Å². The molecule has 0 bridgehead atoms. The standard InChI is InChI=1S/C11H7N/c1-2-5-10(6-3-1)11-7-4-8-12-9-11/h1-5,7-8H. The minimum absolute atomic E-state index is 0.984. The minimum atomic E-state index is 0.984. The molecule has 0 aliphatic carbocycles. The summed E-state index contributed by atoms with van der Waals surface area (Å²) >= 11 is 0. The van der Waals surface area contributed by atoms with Gasteiger partial charge in [-0.05, 0) is 17.7 Å². The van der Waals surface area contributed by atoms with Crippen LogP contribution in [0, 0.1) is 12.3 Å². The average Bonchev–Trinajstić information content (AvgIpc) is 2.21. The number of pyridine rings is 1. The summed E-state index contributed by atoms with van der Waals surface area (Å²) < 4.78 is 0. The summed E-state index contributed by atoms with van der Waals surface area (Å²) in [6.07, 6.45) is 4.62. The first-order chi connectivity index (χ1) is 5.97. The van der Waals surface area contributed by atoms with Gasteiger partial charge < -0.3 is 0 Å². The molecule has 0 saturated heterocycles. The second-order valence-electron chi connectivity index (χ2n) is 2.44. The molecule has 0 N–H and O–H groups in total. The number of aromatic nitrogens is 1. The molecule has 0 amide bonds. The lowest BCUT2D eigenvalue weighted by atomic mass is 10.1. The summed E-state index contributed by atoms with van der Waals surface area (Å²) in [7, 11) is 0. The molecule has 56 valence electrons. The van der Waals surface area contributed by atoms with Crippen LogP contribution in [-0.4, -0.2) is 4.98 Å². The molecule has 2 rings (SSSR count). The van der Waals surface area contributed by atoms with E-state index in [-0.39, 0.29) is 0 Å². The van der Waals surface area contributed by atoms with Gasteiger partial charge in [-0.25, -0.2) is 0 Å². The molecule has 1 heteroatoms. The lowest BCUT2D eigenvalue weighted by Gasteiger charge is -1.96. The predicted molar refractivity (Wildman–Crippen MR) is 47.3 cm³/mol. The van der Waals surface area contributed by atoms with Gasteiger partial charge in [0, 0.05) is 11.8 Å². The summed E-state index contributed by atoms with van der Waals surface area (Å²) in [6, 6.07) is 14.8. The van der Waals surface area contributed by atoms with Crippen LogP contribution in [0.15, 0.2) is 42.6 Å². The van der Waals surface area contributed by atoms with Crippen LogP contribution >= 0.6 is 0 Å². The highest BCUT2D eigenvalue weighted by Crippen LogP contribution is 2.14. The molecule has 0 fully saturated rings. The fraction of sp³-hybridized carbons (Fsp3) is 0. The monoisotopic (exact) mass is 153 g/mol. The van der Waals surface area contributed by atoms with Gasteiger partial charge in [0.25, 0.3) is 0 Å². The van der Waals surface area contributed by atoms with Gasteiger partial charge in [0.15, 0.2) is 0 Å². The first-order valence-corrected chi connectivity index (χ1v) is 3.76. The first kappa shape index (κ1) is 7.04. The van der Waals surface area contributed by atoms with E-state index in [1.807, 2.05) is 36.4 Å². The van der Waals surface area contributed by atoms with Crippen LogP contribution < -0.4 is 0 Å². The van der Waals surface area contributed by atoms with Crippen molar-refractivity contribution in [2.75, 3.05) is 0 Å². The third-order valence-electron chi connectivity index (χ3n) is 1.61. The molecule has 12 heavy (non-hydrogen) atoms. The molecular weight excluding hydrogens is 146 g/mol. The predicted octanol–water partition coefficient (Wildman–Crippen LogP) is 2.35. The Morgan fingerprint density at radius 3 is 2.58 bits per heavy atom. The molecule has 1 aromatic carbocycles. The normalized spacial score (nSPS) is 9.67. The molecular formula is C11H7N. The van der Waals surface area contributed by atoms with Crippen molar-refractivity contribution in [1.29, 1.82) is 0 Å². The first-order valence-electron chi connectivity index (χ1n) is 3.76. The summed E-state index contributed by atoms with van der Waals surface area (Å²) in [4.78, 5) is 3.92. The van der Waals surface area contributed by atoms with Crippen molar-refractivity contribution < 1.29 is 0 Å². The molecule has 0 saturated carbocycles. The number of nitrogens with zero attached hydrogens (tertiary/aromatic N) is 1. The Balaban J connectivity index is 2.46. The van der Waals surface area contributed by atoms with E-state index >= 15 is 0 Å². The van der Waals surface area contributed by atoms with E-state index in [4.69, 9.17) is 0 Å². The Kier molecular flexibility index (Phi) is 1.87. The molecule has 0 unspecified atom stereocenters. The van der Waals surface area contributed by atoms with E-state index in [9.17, 15) is 0 Å². The molecule has 0 atom stereocenters. The number of rotatable bonds is 1. The van der Waals surface area contributed by atoms with Crippen LogP contribution in [0.3, 0.4) is 0 Å². The SMILES string of the molecule is [c]1ccccc1-c1[c]nccc1. The van der Waals surface area contributed by atoms with Crippen LogP contribution in [0.1, 0.15) is 0 Å². The highest BCUT2D eigenvalue weighted by molar-refractivity contribution is 5.60. The van der Waals surface area contributed by atoms with E-state index in [1.54, 1.807) is 6.20 Å². The Morgan fingerprint density at radius 1 is 1.00 bits per heavy atom. The van der Waals surface area contributed by atoms with Gasteiger partial charge in [-0.3, -0.25) is 4.98 Å². The summed E-state index contributed by atoms with van der Waals surface area (Å²) in [5.74, 6) is 0. The Hall–Kier alpha value is -1.63. The maximum absolute atomic E-state index is 3.92. The molecule has 1 nitrogen and oxygen atoms in total. The molecule has 2 radical (unpaired) electrons. The summed E-state index contributed by atoms with van der Waals surface area (Å²) in [6.45, 7) is 0. The highest BCUT2D eigenvalue weighted by Gasteiger charge is 1.94. The van der Waals surface area contributed by atoms with Crippen LogP contribution in [0.4, 0.5) is 0 Å². The van der Waals surface area contributed by atoms with Gasteiger partial charge in [0.1, 0.15) is 0 Å². The average molecular weight is 153 g/mol. The van der Waals surface area contributed by atoms with E-state index < -0.39 is 0 Å². The summed E-state index contributed by atoms with van der Waals surface area (Å²) in [5, 5.41) is 0. The second-order valence-corrected chi connectivity index (χ2v) is 2.44. The fourth-order valence-corrected chi connectivity index (χ4v) is 1.04. The van der Waals surface area contributed by atoms with Gasteiger partial charge in [-0.2, -0.15) is 0 Å². The molecule has 0 aliphatic heterocycles. The maximum Gasteiger partial charge on any atom is 0.0970 e. The van der Waals surface area contributed by atoms with Crippen molar-refractivity contribution in [3.63, 3.8) is 0 Å². The molecule has 1 aromatic heterocycles. The largest absolute Gasteiger partial charge is 0.254 e. The molecule has 0 spiro atoms. The Labute approximate surface area is 71.7 Å². The zero-order valence-corrected chi connectivity index (χ0v) is 6.49. The lowest BCUT2D eigenvalue weighted by molar-refractivity contribution is 1.31. The topological polar surface area (TPSA) is 12.9 Å². The zero-order chi connectivity index (χ0) is 8.23. The number of benzene rings is 1. The van der Waals surface area contributed by atoms with E-state index in [0.29, 0.717) is 0 Å². The smallest absolute Gasteiger partial charge is 0.0970 e. The van der Waals surface area contributed by atoms with Crippen molar-refractivity contribution in [3.8, 4) is 11.1 Å². The summed E-state index contributed by atoms with van der Waals surface area (Å²) in [5.41, 5.74) is 2.02. The lowest BCUT2D eigenvalue weighted by Crippen LogP contribution is -1.78. The van der Waals surface area contributed by atoms with Gasteiger partial charge in [-0.1, -0.05) is 30.3 Å². The van der Waals surface area contributed by atoms with Gasteiger partial charge >= 0.3 is 0 Å². The third-order valence-corrected chi connectivity index (χ3v) is 1.61. The zero-order valence-electron chi connectivity index (χ0n) is 6.49.